The molecule has 0 saturated carbocycles. The van der Waals surface area contributed by atoms with Crippen LogP contribution in [0.2, 0.25) is 0 Å². The number of aliphatic hydroxyl groups is 1. The van der Waals surface area contributed by atoms with Crippen LogP contribution in [0.3, 0.4) is 0 Å². The van der Waals surface area contributed by atoms with Crippen molar-refractivity contribution in [1.82, 2.24) is 0 Å². The Morgan fingerprint density at radius 1 is 1.15 bits per heavy atom. The second-order valence-electron chi connectivity index (χ2n) is 2.84. The van der Waals surface area contributed by atoms with Gasteiger partial charge in [0, 0.05) is 17.5 Å². The van der Waals surface area contributed by atoms with E-state index in [0.717, 1.165) is 10.1 Å². The molecule has 0 atom stereocenters. The van der Waals surface area contributed by atoms with Crippen LogP contribution in [0.5, 0.6) is 0 Å². The number of pyridine rings is 1. The Kier molecular flexibility index (Phi) is 1.87. The Morgan fingerprint density at radius 3 is 2.69 bits per heavy atom. The second kappa shape index (κ2) is 3.03. The van der Waals surface area contributed by atoms with Gasteiger partial charge in [0.05, 0.1) is 0 Å². The van der Waals surface area contributed by atoms with Crippen molar-refractivity contribution < 1.29 is 9.84 Å². The number of hydrogen-bond donors (Lipinski definition) is 1. The SMILES string of the molecule is [O-][n+]1c(CO)ccc2ccccc21. The highest BCUT2D eigenvalue weighted by molar-refractivity contribution is 5.75. The largest absolute Gasteiger partial charge is 0.618 e. The first-order valence-corrected chi connectivity index (χ1v) is 4.04. The Balaban J connectivity index is 2.79. The van der Waals surface area contributed by atoms with Gasteiger partial charge in [0.15, 0.2) is 0 Å². The summed E-state index contributed by atoms with van der Waals surface area (Å²) in [5, 5.41) is 21.3. The van der Waals surface area contributed by atoms with Crippen LogP contribution in [-0.2, 0) is 6.61 Å². The molecule has 2 aromatic rings. The number of aliphatic hydroxyl groups excluding tert-OH is 1. The molecule has 0 unspecified atom stereocenters. The van der Waals surface area contributed by atoms with Gasteiger partial charge in [-0.1, -0.05) is 12.1 Å². The van der Waals surface area contributed by atoms with Gasteiger partial charge in [-0.3, -0.25) is 0 Å². The minimum Gasteiger partial charge on any atom is -0.618 e. The number of hydrogen-bond acceptors (Lipinski definition) is 2. The summed E-state index contributed by atoms with van der Waals surface area (Å²) >= 11 is 0. The lowest BCUT2D eigenvalue weighted by Crippen LogP contribution is -2.32. The Labute approximate surface area is 75.5 Å². The lowest BCUT2D eigenvalue weighted by atomic mass is 10.2. The average molecular weight is 175 g/mol. The Bertz CT molecular complexity index is 440. The zero-order chi connectivity index (χ0) is 9.26. The molecule has 0 aliphatic rings. The molecule has 0 radical (unpaired) electrons. The smallest absolute Gasteiger partial charge is 0.224 e. The third-order valence-corrected chi connectivity index (χ3v) is 2.03. The molecule has 3 nitrogen and oxygen atoms in total. The molecule has 13 heavy (non-hydrogen) atoms. The van der Waals surface area contributed by atoms with Gasteiger partial charge in [0.1, 0.15) is 6.61 Å². The molecule has 2 rings (SSSR count). The van der Waals surface area contributed by atoms with Gasteiger partial charge < -0.3 is 10.3 Å². The van der Waals surface area contributed by atoms with Crippen molar-refractivity contribution in [3.05, 3.63) is 47.3 Å². The van der Waals surface area contributed by atoms with E-state index in [0.29, 0.717) is 11.2 Å². The second-order valence-corrected chi connectivity index (χ2v) is 2.84. The molecule has 0 amide bonds. The minimum atomic E-state index is -0.228. The summed E-state index contributed by atoms with van der Waals surface area (Å²) < 4.78 is 0.759. The Morgan fingerprint density at radius 2 is 1.92 bits per heavy atom. The minimum absolute atomic E-state index is 0.228. The van der Waals surface area contributed by atoms with Crippen molar-refractivity contribution in [3.8, 4) is 0 Å². The molecular weight excluding hydrogens is 166 g/mol. The fourth-order valence-corrected chi connectivity index (χ4v) is 1.34. The summed E-state index contributed by atoms with van der Waals surface area (Å²) in [6.45, 7) is -0.228. The normalized spacial score (nSPS) is 10.5. The average Bonchev–Trinajstić information content (AvgIpc) is 2.19. The molecule has 0 saturated heterocycles. The third-order valence-electron chi connectivity index (χ3n) is 2.03. The van der Waals surface area contributed by atoms with E-state index in [9.17, 15) is 5.21 Å². The molecule has 1 aromatic carbocycles. The van der Waals surface area contributed by atoms with Crippen LogP contribution in [0.1, 0.15) is 5.69 Å². The van der Waals surface area contributed by atoms with E-state index in [-0.39, 0.29) is 6.61 Å². The van der Waals surface area contributed by atoms with Gasteiger partial charge in [-0.05, 0) is 12.1 Å². The highest BCUT2D eigenvalue weighted by Crippen LogP contribution is 2.09. The zero-order valence-electron chi connectivity index (χ0n) is 6.97. The molecular formula is C10H9NO2. The lowest BCUT2D eigenvalue weighted by Gasteiger charge is -2.04. The summed E-state index contributed by atoms with van der Waals surface area (Å²) in [6.07, 6.45) is 0. The first kappa shape index (κ1) is 8.01. The first-order chi connectivity index (χ1) is 6.33. The fraction of sp³-hybridized carbons (Fsp3) is 0.100. The molecule has 1 N–H and O–H groups in total. The van der Waals surface area contributed by atoms with Crippen molar-refractivity contribution >= 4 is 10.9 Å². The summed E-state index contributed by atoms with van der Waals surface area (Å²) in [4.78, 5) is 0. The van der Waals surface area contributed by atoms with Crippen LogP contribution in [-0.4, -0.2) is 5.11 Å². The predicted molar refractivity (Wildman–Crippen MR) is 48.8 cm³/mol. The van der Waals surface area contributed by atoms with Crippen LogP contribution < -0.4 is 4.73 Å². The van der Waals surface area contributed by atoms with E-state index < -0.39 is 0 Å². The van der Waals surface area contributed by atoms with E-state index in [1.54, 1.807) is 18.2 Å². The summed E-state index contributed by atoms with van der Waals surface area (Å²) in [7, 11) is 0. The molecule has 66 valence electrons. The number of para-hydroxylation sites is 1. The van der Waals surface area contributed by atoms with E-state index in [4.69, 9.17) is 5.11 Å². The quantitative estimate of drug-likeness (QED) is 0.518. The van der Waals surface area contributed by atoms with Crippen molar-refractivity contribution in [1.29, 1.82) is 0 Å². The number of benzene rings is 1. The van der Waals surface area contributed by atoms with Crippen molar-refractivity contribution in [2.75, 3.05) is 0 Å². The number of aromatic nitrogens is 1. The predicted octanol–water partition coefficient (Wildman–Crippen LogP) is 0.965. The molecule has 1 heterocycles. The van der Waals surface area contributed by atoms with Gasteiger partial charge in [0.2, 0.25) is 11.2 Å². The maximum Gasteiger partial charge on any atom is 0.224 e. The summed E-state index contributed by atoms with van der Waals surface area (Å²) in [6, 6.07) is 10.7. The molecule has 0 fully saturated rings. The topological polar surface area (TPSA) is 47.2 Å². The van der Waals surface area contributed by atoms with E-state index in [1.807, 2.05) is 18.2 Å². The molecule has 1 aromatic heterocycles. The van der Waals surface area contributed by atoms with E-state index >= 15 is 0 Å². The molecule has 3 heteroatoms. The van der Waals surface area contributed by atoms with Crippen molar-refractivity contribution in [3.63, 3.8) is 0 Å². The van der Waals surface area contributed by atoms with Crippen LogP contribution in [0.4, 0.5) is 0 Å². The lowest BCUT2D eigenvalue weighted by molar-refractivity contribution is -0.588. The van der Waals surface area contributed by atoms with Crippen molar-refractivity contribution in [2.45, 2.75) is 6.61 Å². The maximum absolute atomic E-state index is 11.5. The highest BCUT2D eigenvalue weighted by Gasteiger charge is 2.07. The van der Waals surface area contributed by atoms with Crippen LogP contribution in [0.15, 0.2) is 36.4 Å². The van der Waals surface area contributed by atoms with Gasteiger partial charge in [-0.25, -0.2) is 0 Å². The summed E-state index contributed by atoms with van der Waals surface area (Å²) in [5.74, 6) is 0. The zero-order valence-corrected chi connectivity index (χ0v) is 6.97. The summed E-state index contributed by atoms with van der Waals surface area (Å²) in [5.41, 5.74) is 0.966. The van der Waals surface area contributed by atoms with Gasteiger partial charge in [0.25, 0.3) is 0 Å². The standard InChI is InChI=1S/C10H9NO2/c12-7-9-6-5-8-3-1-2-4-10(8)11(9)13/h1-6,12H,7H2. The fourth-order valence-electron chi connectivity index (χ4n) is 1.34. The number of fused-ring (bicyclic) bond motifs is 1. The maximum atomic E-state index is 11.5. The van der Waals surface area contributed by atoms with Crippen LogP contribution >= 0.6 is 0 Å². The molecule has 0 bridgehead atoms. The highest BCUT2D eigenvalue weighted by atomic mass is 16.5. The van der Waals surface area contributed by atoms with E-state index in [2.05, 4.69) is 0 Å². The monoisotopic (exact) mass is 175 g/mol. The Hall–Kier alpha value is -1.61. The molecule has 0 aliphatic heterocycles. The molecule has 0 aliphatic carbocycles. The van der Waals surface area contributed by atoms with Gasteiger partial charge in [-0.2, -0.15) is 4.73 Å². The van der Waals surface area contributed by atoms with Gasteiger partial charge in [-0.15, -0.1) is 0 Å². The number of nitrogens with zero attached hydrogens (tertiary/aromatic N) is 1. The third kappa shape index (κ3) is 1.23. The van der Waals surface area contributed by atoms with Crippen LogP contribution in [0, 0.1) is 5.21 Å². The van der Waals surface area contributed by atoms with E-state index in [1.165, 1.54) is 0 Å². The van der Waals surface area contributed by atoms with Gasteiger partial charge >= 0.3 is 0 Å². The molecule has 0 spiro atoms. The number of rotatable bonds is 1. The van der Waals surface area contributed by atoms with Crippen molar-refractivity contribution in [2.24, 2.45) is 0 Å². The first-order valence-electron chi connectivity index (χ1n) is 4.04. The van der Waals surface area contributed by atoms with Crippen LogP contribution in [0.25, 0.3) is 10.9 Å².